The topological polar surface area (TPSA) is 113 Å². The highest BCUT2D eigenvalue weighted by Gasteiger charge is 2.81. The normalized spacial score (nSPS) is 41.2. The minimum Gasteiger partial charge on any atom is -0.464 e. The zero-order valence-electron chi connectivity index (χ0n) is 27.8. The molecule has 5 rings (SSSR count). The third-order valence-electron chi connectivity index (χ3n) is 13.5. The van der Waals surface area contributed by atoms with E-state index >= 15 is 0 Å². The maximum atomic E-state index is 14.0. The van der Waals surface area contributed by atoms with Gasteiger partial charge in [0.1, 0.15) is 12.0 Å². The van der Waals surface area contributed by atoms with E-state index in [1.165, 1.54) is 13.8 Å². The van der Waals surface area contributed by atoms with Gasteiger partial charge >= 0.3 is 17.9 Å². The summed E-state index contributed by atoms with van der Waals surface area (Å²) in [5.41, 5.74) is -0.171. The summed E-state index contributed by atoms with van der Waals surface area (Å²) in [5.74, 6) is -2.54. The number of carbonyl (C=O) groups is 5. The van der Waals surface area contributed by atoms with E-state index in [9.17, 15) is 24.0 Å². The number of carbonyl (C=O) groups excluding carboxylic acids is 5. The van der Waals surface area contributed by atoms with Crippen LogP contribution in [-0.2, 0) is 38.2 Å². The number of esters is 3. The van der Waals surface area contributed by atoms with E-state index in [0.717, 1.165) is 32.1 Å². The summed E-state index contributed by atoms with van der Waals surface area (Å²) in [6.45, 7) is 17.0. The number of fused-ring (bicyclic) bond motifs is 2. The molecule has 4 fully saturated rings. The number of alkyl halides is 1. The molecule has 12 atom stereocenters. The first-order chi connectivity index (χ1) is 21.0. The van der Waals surface area contributed by atoms with E-state index in [0.29, 0.717) is 18.3 Å². The van der Waals surface area contributed by atoms with Gasteiger partial charge in [-0.3, -0.25) is 24.0 Å². The maximum absolute atomic E-state index is 14.0. The molecule has 0 aromatic rings. The van der Waals surface area contributed by atoms with Crippen molar-refractivity contribution < 1.29 is 38.2 Å². The maximum Gasteiger partial charge on any atom is 0.320 e. The number of allylic oxidation sites excluding steroid dienone is 2. The van der Waals surface area contributed by atoms with E-state index < -0.39 is 41.8 Å². The van der Waals surface area contributed by atoms with Crippen molar-refractivity contribution >= 4 is 41.1 Å². The predicted octanol–water partition coefficient (Wildman–Crippen LogP) is 6.03. The van der Waals surface area contributed by atoms with Gasteiger partial charge in [0.25, 0.3) is 0 Å². The average Bonchev–Trinajstić information content (AvgIpc) is 3.59. The van der Waals surface area contributed by atoms with Crippen molar-refractivity contribution in [2.24, 2.45) is 57.2 Å². The number of halogens is 1. The lowest BCUT2D eigenvalue weighted by Gasteiger charge is -2.61. The van der Waals surface area contributed by atoms with Gasteiger partial charge in [0, 0.05) is 37.5 Å². The molecule has 0 unspecified atom stereocenters. The van der Waals surface area contributed by atoms with E-state index in [1.54, 1.807) is 6.92 Å². The predicted molar refractivity (Wildman–Crippen MR) is 168 cm³/mol. The second-order valence-corrected chi connectivity index (χ2v) is 15.6. The molecule has 8 nitrogen and oxygen atoms in total. The molecule has 0 radical (unpaired) electrons. The number of rotatable bonds is 10. The van der Waals surface area contributed by atoms with Gasteiger partial charge in [-0.15, -0.1) is 11.6 Å². The largest absolute Gasteiger partial charge is 0.464 e. The highest BCUT2D eigenvalue weighted by Crippen LogP contribution is 2.87. The SMILES string of the molecule is C=C(C(=O)[C@H](OC(C)=O)[C@@H](C)[C@H]1[C@@H](OC(C)=O)C[C@@]2(C)[C@@H]3CC[C@H]4[C@H](C)C(=O)C=C[C@@]45C[C@@]35CC[C@]12C)[C@@H](C)COC(=O)CCl. The average molecular weight is 645 g/mol. The first-order valence-electron chi connectivity index (χ1n) is 16.5. The highest BCUT2D eigenvalue weighted by atomic mass is 35.5. The van der Waals surface area contributed by atoms with Gasteiger partial charge in [-0.1, -0.05) is 47.3 Å². The molecule has 9 heteroatoms. The first-order valence-corrected chi connectivity index (χ1v) is 17.0. The van der Waals surface area contributed by atoms with Gasteiger partial charge in [-0.25, -0.2) is 0 Å². The second kappa shape index (κ2) is 11.6. The quantitative estimate of drug-likeness (QED) is 0.123. The third-order valence-corrected chi connectivity index (χ3v) is 13.7. The Bertz CT molecular complexity index is 1340. The van der Waals surface area contributed by atoms with Gasteiger partial charge in [0.15, 0.2) is 17.7 Å². The monoisotopic (exact) mass is 644 g/mol. The zero-order chi connectivity index (χ0) is 33.3. The van der Waals surface area contributed by atoms with E-state index in [4.69, 9.17) is 25.8 Å². The fourth-order valence-corrected chi connectivity index (χ4v) is 11.3. The van der Waals surface area contributed by atoms with Crippen LogP contribution in [0, 0.1) is 57.2 Å². The molecule has 248 valence electrons. The van der Waals surface area contributed by atoms with E-state index in [2.05, 4.69) is 33.4 Å². The minimum atomic E-state index is -1.14. The summed E-state index contributed by atoms with van der Waals surface area (Å²) in [5, 5.41) is 0. The van der Waals surface area contributed by atoms with Crippen molar-refractivity contribution in [2.75, 3.05) is 12.5 Å². The highest BCUT2D eigenvalue weighted by molar-refractivity contribution is 6.26. The summed E-state index contributed by atoms with van der Waals surface area (Å²) in [4.78, 5) is 63.3. The fraction of sp³-hybridized carbons (Fsp3) is 0.750. The summed E-state index contributed by atoms with van der Waals surface area (Å²) in [6.07, 6.45) is 8.11. The van der Waals surface area contributed by atoms with Gasteiger partial charge in [-0.05, 0) is 83.7 Å². The molecule has 5 aliphatic rings. The molecule has 5 aliphatic carbocycles. The number of Topliss-reactive ketones (excluding diaryl/α,β-unsaturated/α-hetero) is 1. The fourth-order valence-electron chi connectivity index (χ4n) is 11.2. The van der Waals surface area contributed by atoms with Crippen LogP contribution in [0.1, 0.15) is 87.0 Å². The molecule has 0 saturated heterocycles. The Morgan fingerprint density at radius 3 is 2.38 bits per heavy atom. The van der Waals surface area contributed by atoms with Gasteiger partial charge in [0.2, 0.25) is 0 Å². The van der Waals surface area contributed by atoms with Crippen molar-refractivity contribution in [3.8, 4) is 0 Å². The van der Waals surface area contributed by atoms with Crippen LogP contribution in [0.15, 0.2) is 24.3 Å². The second-order valence-electron chi connectivity index (χ2n) is 15.3. The molecule has 0 N–H and O–H groups in total. The summed E-state index contributed by atoms with van der Waals surface area (Å²) in [6, 6.07) is 0. The first kappa shape index (κ1) is 33.9. The van der Waals surface area contributed by atoms with Crippen molar-refractivity contribution in [1.82, 2.24) is 0 Å². The summed E-state index contributed by atoms with van der Waals surface area (Å²) >= 11 is 5.55. The summed E-state index contributed by atoms with van der Waals surface area (Å²) < 4.78 is 17.0. The van der Waals surface area contributed by atoms with Crippen LogP contribution in [-0.4, -0.2) is 54.2 Å². The molecule has 0 aromatic heterocycles. The number of ether oxygens (including phenoxy) is 3. The molecule has 2 spiro atoms. The minimum absolute atomic E-state index is 0.0334. The van der Waals surface area contributed by atoms with Gasteiger partial charge < -0.3 is 14.2 Å². The molecular formula is C36H49ClO8. The number of ketones is 2. The Hall–Kier alpha value is -2.48. The van der Waals surface area contributed by atoms with Crippen LogP contribution >= 0.6 is 11.6 Å². The standard InChI is InChI=1S/C36H49ClO8/c1-19(17-43-29(41)16-37)20(2)31(42)32(45-24(6)39)22(4)30-27(44-23(5)38)15-34(8)28-10-9-25-21(3)26(40)11-12-35(25)18-36(28,35)14-13-33(30,34)7/h11-12,19,21-22,25,27-28,30,32H,2,9-10,13-18H2,1,3-8H3/t19-,21-,22-,25-,27-,28-,30-,32+,33+,34-,35+,36-/m0/s1. The molecule has 0 aliphatic heterocycles. The van der Waals surface area contributed by atoms with Crippen LogP contribution in [0.25, 0.3) is 0 Å². The number of hydrogen-bond acceptors (Lipinski definition) is 8. The Labute approximate surface area is 272 Å². The lowest BCUT2D eigenvalue weighted by molar-refractivity contribution is -0.166. The van der Waals surface area contributed by atoms with Crippen LogP contribution in [0.4, 0.5) is 0 Å². The molecule has 4 saturated carbocycles. The lowest BCUT2D eigenvalue weighted by atomic mass is 9.43. The summed E-state index contributed by atoms with van der Waals surface area (Å²) in [7, 11) is 0. The van der Waals surface area contributed by atoms with Gasteiger partial charge in [0.05, 0.1) is 6.61 Å². The molecule has 0 aromatic carbocycles. The molecule has 0 amide bonds. The van der Waals surface area contributed by atoms with Crippen molar-refractivity contribution in [3.05, 3.63) is 24.3 Å². The Morgan fingerprint density at radius 1 is 1.07 bits per heavy atom. The van der Waals surface area contributed by atoms with Crippen LogP contribution in [0.2, 0.25) is 0 Å². The van der Waals surface area contributed by atoms with Crippen molar-refractivity contribution in [3.63, 3.8) is 0 Å². The smallest absolute Gasteiger partial charge is 0.320 e. The van der Waals surface area contributed by atoms with Crippen molar-refractivity contribution in [1.29, 1.82) is 0 Å². The van der Waals surface area contributed by atoms with Crippen LogP contribution in [0.3, 0.4) is 0 Å². The van der Waals surface area contributed by atoms with E-state index in [1.807, 2.05) is 13.0 Å². The lowest BCUT2D eigenvalue weighted by Crippen LogP contribution is -2.56. The number of hydrogen-bond donors (Lipinski definition) is 0. The Balaban J connectivity index is 1.48. The molecule has 45 heavy (non-hydrogen) atoms. The zero-order valence-corrected chi connectivity index (χ0v) is 28.5. The Morgan fingerprint density at radius 2 is 1.76 bits per heavy atom. The molecular weight excluding hydrogens is 596 g/mol. The van der Waals surface area contributed by atoms with E-state index in [-0.39, 0.29) is 63.3 Å². The van der Waals surface area contributed by atoms with Gasteiger partial charge in [-0.2, -0.15) is 0 Å². The van der Waals surface area contributed by atoms with Crippen LogP contribution in [0.5, 0.6) is 0 Å². The molecule has 0 bridgehead atoms. The van der Waals surface area contributed by atoms with Crippen molar-refractivity contribution in [2.45, 2.75) is 99.2 Å². The third kappa shape index (κ3) is 5.03. The Kier molecular flexibility index (Phi) is 8.76. The van der Waals surface area contributed by atoms with Crippen LogP contribution < -0.4 is 0 Å². The molecule has 0 heterocycles.